The molecule has 4 nitrogen and oxygen atoms in total. The number of nitrogens with one attached hydrogen (secondary N) is 1. The minimum atomic E-state index is -5.10. The van der Waals surface area contributed by atoms with E-state index >= 15 is 0 Å². The number of hydrogen-bond donors (Lipinski definition) is 2. The van der Waals surface area contributed by atoms with E-state index in [1.165, 1.54) is 23.5 Å². The molecule has 0 aliphatic rings. The average Bonchev–Trinajstić information content (AvgIpc) is 2.27. The smallest absolute Gasteiger partial charge is 0.422 e. The summed E-state index contributed by atoms with van der Waals surface area (Å²) in [5.74, 6) is -3.26. The summed E-state index contributed by atoms with van der Waals surface area (Å²) >= 11 is 1.89. The van der Waals surface area contributed by atoms with Gasteiger partial charge < -0.3 is 10.4 Å². The first kappa shape index (κ1) is 15.7. The van der Waals surface area contributed by atoms with Crippen molar-refractivity contribution in [3.05, 3.63) is 33.4 Å². The number of carboxylic acid groups (broad SMARTS) is 1. The highest BCUT2D eigenvalue weighted by Crippen LogP contribution is 2.30. The Balaban J connectivity index is 3.06. The quantitative estimate of drug-likeness (QED) is 0.784. The van der Waals surface area contributed by atoms with Gasteiger partial charge in [-0.1, -0.05) is 6.07 Å². The van der Waals surface area contributed by atoms with Crippen LogP contribution >= 0.6 is 22.6 Å². The van der Waals surface area contributed by atoms with Gasteiger partial charge in [0.2, 0.25) is 5.54 Å². The molecule has 0 fully saturated rings. The first-order valence-electron chi connectivity index (χ1n) is 4.96. The third-order valence-electron chi connectivity index (χ3n) is 2.45. The molecular weight excluding hydrogens is 378 g/mol. The van der Waals surface area contributed by atoms with Crippen LogP contribution in [-0.4, -0.2) is 28.7 Å². The second kappa shape index (κ2) is 5.35. The molecule has 0 bridgehead atoms. The number of alkyl halides is 3. The highest BCUT2D eigenvalue weighted by molar-refractivity contribution is 14.1. The Bertz CT molecular complexity index is 518. The zero-order chi connectivity index (χ0) is 14.8. The lowest BCUT2D eigenvalue weighted by Crippen LogP contribution is -2.61. The lowest BCUT2D eigenvalue weighted by atomic mass is 10.0. The van der Waals surface area contributed by atoms with Crippen LogP contribution in [0.4, 0.5) is 13.2 Å². The van der Waals surface area contributed by atoms with Crippen LogP contribution in [0.2, 0.25) is 0 Å². The maximum atomic E-state index is 12.7. The molecule has 0 saturated heterocycles. The first-order valence-corrected chi connectivity index (χ1v) is 6.04. The molecule has 1 aromatic rings. The summed E-state index contributed by atoms with van der Waals surface area (Å²) < 4.78 is 38.8. The molecule has 0 aromatic heterocycles. The van der Waals surface area contributed by atoms with Crippen molar-refractivity contribution in [1.82, 2.24) is 5.32 Å². The molecule has 0 radical (unpaired) electrons. The molecule has 0 aliphatic carbocycles. The van der Waals surface area contributed by atoms with Gasteiger partial charge in [0, 0.05) is 9.13 Å². The molecular formula is C11H9F3INO3. The lowest BCUT2D eigenvalue weighted by molar-refractivity contribution is -0.203. The second-order valence-corrected chi connectivity index (χ2v) is 5.14. The van der Waals surface area contributed by atoms with Gasteiger partial charge in [-0.2, -0.15) is 13.2 Å². The van der Waals surface area contributed by atoms with E-state index in [-0.39, 0.29) is 5.56 Å². The van der Waals surface area contributed by atoms with Gasteiger partial charge in [-0.3, -0.25) is 4.79 Å². The van der Waals surface area contributed by atoms with Crippen LogP contribution < -0.4 is 5.32 Å². The zero-order valence-corrected chi connectivity index (χ0v) is 11.7. The predicted octanol–water partition coefficient (Wildman–Crippen LogP) is 2.43. The fourth-order valence-corrected chi connectivity index (χ4v) is 1.72. The third-order valence-corrected chi connectivity index (χ3v) is 3.12. The molecule has 1 amide bonds. The van der Waals surface area contributed by atoms with E-state index in [1.807, 2.05) is 22.6 Å². The lowest BCUT2D eigenvalue weighted by Gasteiger charge is -2.28. The summed E-state index contributed by atoms with van der Waals surface area (Å²) in [4.78, 5) is 22.5. The molecule has 19 heavy (non-hydrogen) atoms. The molecule has 0 heterocycles. The number of carboxylic acids is 1. The molecule has 0 saturated carbocycles. The second-order valence-electron chi connectivity index (χ2n) is 3.89. The van der Waals surface area contributed by atoms with Crippen LogP contribution in [0.15, 0.2) is 24.3 Å². The van der Waals surface area contributed by atoms with Gasteiger partial charge in [0.05, 0.1) is 0 Å². The van der Waals surface area contributed by atoms with Gasteiger partial charge in [0.25, 0.3) is 5.91 Å². The van der Waals surface area contributed by atoms with Crippen molar-refractivity contribution < 1.29 is 27.9 Å². The van der Waals surface area contributed by atoms with E-state index in [4.69, 9.17) is 5.11 Å². The molecule has 1 atom stereocenters. The highest BCUT2D eigenvalue weighted by Gasteiger charge is 2.58. The topological polar surface area (TPSA) is 66.4 Å². The average molecular weight is 387 g/mol. The molecule has 104 valence electrons. The van der Waals surface area contributed by atoms with Crippen molar-refractivity contribution >= 4 is 34.5 Å². The SMILES string of the molecule is CC(NC(=O)c1cccc(I)c1)(C(=O)O)C(F)(F)F. The molecule has 0 spiro atoms. The van der Waals surface area contributed by atoms with Crippen LogP contribution in [0.1, 0.15) is 17.3 Å². The maximum Gasteiger partial charge on any atom is 0.422 e. The van der Waals surface area contributed by atoms with Gasteiger partial charge in [0.1, 0.15) is 0 Å². The van der Waals surface area contributed by atoms with Crippen molar-refractivity contribution in [2.24, 2.45) is 0 Å². The van der Waals surface area contributed by atoms with Gasteiger partial charge in [0.15, 0.2) is 0 Å². The van der Waals surface area contributed by atoms with Gasteiger partial charge in [-0.05, 0) is 47.7 Å². The largest absolute Gasteiger partial charge is 0.479 e. The van der Waals surface area contributed by atoms with Crippen LogP contribution in [0, 0.1) is 3.57 Å². The minimum absolute atomic E-state index is 0.0383. The summed E-state index contributed by atoms with van der Waals surface area (Å²) in [7, 11) is 0. The van der Waals surface area contributed by atoms with E-state index < -0.39 is 23.6 Å². The fraction of sp³-hybridized carbons (Fsp3) is 0.273. The van der Waals surface area contributed by atoms with Gasteiger partial charge in [-0.15, -0.1) is 0 Å². The summed E-state index contributed by atoms with van der Waals surface area (Å²) in [5, 5.41) is 10.2. The standard InChI is InChI=1S/C11H9F3INO3/c1-10(9(18)19,11(12,13)14)16-8(17)6-3-2-4-7(15)5-6/h2-5H,1H3,(H,16,17)(H,18,19). The molecule has 1 aromatic carbocycles. The number of amides is 1. The Labute approximate surface area is 120 Å². The first-order chi connectivity index (χ1) is 8.58. The monoisotopic (exact) mass is 387 g/mol. The van der Waals surface area contributed by atoms with Gasteiger partial charge >= 0.3 is 12.1 Å². The Kier molecular flexibility index (Phi) is 4.43. The van der Waals surface area contributed by atoms with Crippen molar-refractivity contribution in [2.75, 3.05) is 0 Å². The number of carbonyl (C=O) groups excluding carboxylic acids is 1. The van der Waals surface area contributed by atoms with Crippen molar-refractivity contribution in [3.63, 3.8) is 0 Å². The highest BCUT2D eigenvalue weighted by atomic mass is 127. The summed E-state index contributed by atoms with van der Waals surface area (Å²) in [6.07, 6.45) is -5.10. The van der Waals surface area contributed by atoms with Crippen molar-refractivity contribution in [3.8, 4) is 0 Å². The number of aliphatic carboxylic acids is 1. The van der Waals surface area contributed by atoms with E-state index in [2.05, 4.69) is 0 Å². The Morgan fingerprint density at radius 3 is 2.32 bits per heavy atom. The predicted molar refractivity (Wildman–Crippen MR) is 68.7 cm³/mol. The Hall–Kier alpha value is -1.32. The number of hydrogen-bond acceptors (Lipinski definition) is 2. The zero-order valence-electron chi connectivity index (χ0n) is 9.58. The third kappa shape index (κ3) is 3.37. The van der Waals surface area contributed by atoms with Crippen LogP contribution in [0.25, 0.3) is 0 Å². The normalized spacial score (nSPS) is 14.6. The molecule has 2 N–H and O–H groups in total. The summed E-state index contributed by atoms with van der Waals surface area (Å²) in [6.45, 7) is 0.404. The fourth-order valence-electron chi connectivity index (χ4n) is 1.17. The van der Waals surface area contributed by atoms with E-state index in [0.29, 0.717) is 10.5 Å². The maximum absolute atomic E-state index is 12.7. The number of rotatable bonds is 3. The molecule has 1 rings (SSSR count). The van der Waals surface area contributed by atoms with E-state index in [9.17, 15) is 22.8 Å². The van der Waals surface area contributed by atoms with Crippen LogP contribution in [-0.2, 0) is 4.79 Å². The molecule has 1 unspecified atom stereocenters. The van der Waals surface area contributed by atoms with Gasteiger partial charge in [-0.25, -0.2) is 4.79 Å². The van der Waals surface area contributed by atoms with Crippen LogP contribution in [0.5, 0.6) is 0 Å². The summed E-state index contributed by atoms with van der Waals surface area (Å²) in [5.41, 5.74) is -3.37. The Morgan fingerprint density at radius 1 is 1.32 bits per heavy atom. The van der Waals surface area contributed by atoms with Crippen molar-refractivity contribution in [2.45, 2.75) is 18.6 Å². The number of carbonyl (C=O) groups is 2. The number of benzene rings is 1. The van der Waals surface area contributed by atoms with E-state index in [1.54, 1.807) is 6.07 Å². The molecule has 0 aliphatic heterocycles. The summed E-state index contributed by atoms with van der Waals surface area (Å²) in [6, 6.07) is 5.80. The minimum Gasteiger partial charge on any atom is -0.479 e. The van der Waals surface area contributed by atoms with E-state index in [0.717, 1.165) is 0 Å². The van der Waals surface area contributed by atoms with Crippen molar-refractivity contribution in [1.29, 1.82) is 0 Å². The molecule has 8 heteroatoms. The van der Waals surface area contributed by atoms with Crippen LogP contribution in [0.3, 0.4) is 0 Å². The number of halogens is 4. The Morgan fingerprint density at radius 2 is 1.89 bits per heavy atom.